The highest BCUT2D eigenvalue weighted by Gasteiger charge is 2.44. The van der Waals surface area contributed by atoms with Crippen molar-refractivity contribution in [1.82, 2.24) is 0 Å². The van der Waals surface area contributed by atoms with Crippen molar-refractivity contribution >= 4 is 0 Å². The summed E-state index contributed by atoms with van der Waals surface area (Å²) in [6.45, 7) is 2.74. The first-order valence-corrected chi connectivity index (χ1v) is 10.4. The molecule has 24 heavy (non-hydrogen) atoms. The summed E-state index contributed by atoms with van der Waals surface area (Å²) in [5.74, 6) is 2.82. The summed E-state index contributed by atoms with van der Waals surface area (Å²) in [7, 11) is 1.58. The lowest BCUT2D eigenvalue weighted by atomic mass is 9.64. The standard InChI is InChI=1S/C21H36F2O/c1-14-3-5-15(6-4-14)16-7-9-17(10-8-16)19-12-11-18(13-24-2)20(22)21(19)23/h14-21H,3-13H2,1-2H3. The average molecular weight is 343 g/mol. The van der Waals surface area contributed by atoms with Gasteiger partial charge >= 0.3 is 0 Å². The van der Waals surface area contributed by atoms with Crippen molar-refractivity contribution in [3.05, 3.63) is 0 Å². The largest absolute Gasteiger partial charge is 0.384 e. The molecule has 3 heteroatoms. The molecular weight excluding hydrogens is 306 g/mol. The topological polar surface area (TPSA) is 9.23 Å². The molecule has 0 spiro atoms. The minimum absolute atomic E-state index is 0.0413. The van der Waals surface area contributed by atoms with Gasteiger partial charge in [-0.3, -0.25) is 0 Å². The molecule has 0 aliphatic heterocycles. The van der Waals surface area contributed by atoms with Crippen LogP contribution in [0.1, 0.15) is 71.1 Å². The Morgan fingerprint density at radius 1 is 0.708 bits per heavy atom. The highest BCUT2D eigenvalue weighted by Crippen LogP contribution is 2.47. The zero-order valence-corrected chi connectivity index (χ0v) is 15.6. The summed E-state index contributed by atoms with van der Waals surface area (Å²) in [6.07, 6.45) is 9.41. The molecule has 4 atom stereocenters. The van der Waals surface area contributed by atoms with Crippen LogP contribution in [0.2, 0.25) is 0 Å². The van der Waals surface area contributed by atoms with Gasteiger partial charge in [-0.1, -0.05) is 19.8 Å². The van der Waals surface area contributed by atoms with Gasteiger partial charge in [-0.25, -0.2) is 8.78 Å². The third kappa shape index (κ3) is 4.14. The molecule has 0 aromatic rings. The second-order valence-electron chi connectivity index (χ2n) is 9.04. The third-order valence-corrected chi connectivity index (χ3v) is 7.56. The number of rotatable bonds is 4. The minimum atomic E-state index is -1.32. The highest BCUT2D eigenvalue weighted by atomic mass is 19.2. The van der Waals surface area contributed by atoms with Crippen LogP contribution in [0.3, 0.4) is 0 Å². The monoisotopic (exact) mass is 342 g/mol. The molecule has 3 fully saturated rings. The predicted octanol–water partition coefficient (Wildman–Crippen LogP) is 5.97. The molecule has 140 valence electrons. The van der Waals surface area contributed by atoms with E-state index in [2.05, 4.69) is 6.92 Å². The molecule has 3 rings (SSSR count). The second-order valence-corrected chi connectivity index (χ2v) is 9.04. The predicted molar refractivity (Wildman–Crippen MR) is 94.5 cm³/mol. The smallest absolute Gasteiger partial charge is 0.136 e. The van der Waals surface area contributed by atoms with E-state index in [1.54, 1.807) is 7.11 Å². The molecule has 3 aliphatic carbocycles. The van der Waals surface area contributed by atoms with Crippen LogP contribution < -0.4 is 0 Å². The zero-order valence-electron chi connectivity index (χ0n) is 15.6. The Labute approximate surface area is 146 Å². The van der Waals surface area contributed by atoms with Crippen molar-refractivity contribution in [2.45, 2.75) is 83.5 Å². The van der Waals surface area contributed by atoms with Gasteiger partial charge in [0.05, 0.1) is 6.61 Å². The van der Waals surface area contributed by atoms with Crippen molar-refractivity contribution in [2.75, 3.05) is 13.7 Å². The molecule has 0 radical (unpaired) electrons. The molecule has 3 aliphatic rings. The first-order chi connectivity index (χ1) is 11.6. The Morgan fingerprint density at radius 2 is 1.25 bits per heavy atom. The van der Waals surface area contributed by atoms with Gasteiger partial charge in [0.15, 0.2) is 0 Å². The van der Waals surface area contributed by atoms with E-state index < -0.39 is 12.3 Å². The molecule has 4 unspecified atom stereocenters. The van der Waals surface area contributed by atoms with Crippen LogP contribution in [-0.2, 0) is 4.74 Å². The maximum Gasteiger partial charge on any atom is 0.136 e. The van der Waals surface area contributed by atoms with Crippen molar-refractivity contribution in [3.8, 4) is 0 Å². The van der Waals surface area contributed by atoms with E-state index in [1.807, 2.05) is 0 Å². The van der Waals surface area contributed by atoms with E-state index in [0.29, 0.717) is 12.5 Å². The molecule has 0 N–H and O–H groups in total. The second kappa shape index (κ2) is 8.47. The molecule has 0 amide bonds. The number of halogens is 2. The minimum Gasteiger partial charge on any atom is -0.384 e. The lowest BCUT2D eigenvalue weighted by molar-refractivity contribution is -0.0355. The van der Waals surface area contributed by atoms with Gasteiger partial charge in [-0.05, 0) is 81.0 Å². The molecule has 0 aromatic carbocycles. The van der Waals surface area contributed by atoms with Crippen LogP contribution in [0.5, 0.6) is 0 Å². The first kappa shape index (κ1) is 18.6. The SMILES string of the molecule is COCC1CCC(C2CCC(C3CCC(C)CC3)CC2)C(F)C1F. The van der Waals surface area contributed by atoms with Crippen LogP contribution in [0.25, 0.3) is 0 Å². The quantitative estimate of drug-likeness (QED) is 0.612. The molecule has 0 bridgehead atoms. The van der Waals surface area contributed by atoms with Crippen LogP contribution in [0, 0.1) is 35.5 Å². The summed E-state index contributed by atoms with van der Waals surface area (Å²) < 4.78 is 34.1. The van der Waals surface area contributed by atoms with Crippen LogP contribution >= 0.6 is 0 Å². The number of ether oxygens (including phenoxy) is 1. The lowest BCUT2D eigenvalue weighted by Gasteiger charge is -2.43. The average Bonchev–Trinajstić information content (AvgIpc) is 2.60. The van der Waals surface area contributed by atoms with Gasteiger partial charge in [0.1, 0.15) is 12.3 Å². The maximum atomic E-state index is 14.7. The molecular formula is C21H36F2O. The van der Waals surface area contributed by atoms with Gasteiger partial charge in [-0.2, -0.15) is 0 Å². The lowest BCUT2D eigenvalue weighted by Crippen LogP contribution is -2.43. The third-order valence-electron chi connectivity index (χ3n) is 7.56. The molecule has 0 heterocycles. The molecule has 0 aromatic heterocycles. The Bertz CT molecular complexity index is 372. The number of hydrogen-bond donors (Lipinski definition) is 0. The summed E-state index contributed by atoms with van der Waals surface area (Å²) in [4.78, 5) is 0. The summed E-state index contributed by atoms with van der Waals surface area (Å²) in [5.41, 5.74) is 0. The maximum absolute atomic E-state index is 14.7. The van der Waals surface area contributed by atoms with E-state index in [9.17, 15) is 8.78 Å². The van der Waals surface area contributed by atoms with Crippen molar-refractivity contribution < 1.29 is 13.5 Å². The van der Waals surface area contributed by atoms with E-state index >= 15 is 0 Å². The van der Waals surface area contributed by atoms with Gasteiger partial charge in [0, 0.05) is 13.0 Å². The fourth-order valence-electron chi connectivity index (χ4n) is 5.91. The van der Waals surface area contributed by atoms with E-state index in [1.165, 1.54) is 38.5 Å². The van der Waals surface area contributed by atoms with Crippen LogP contribution in [0.4, 0.5) is 8.78 Å². The van der Waals surface area contributed by atoms with E-state index in [0.717, 1.165) is 43.4 Å². The number of alkyl halides is 2. The Hall–Kier alpha value is -0.180. The van der Waals surface area contributed by atoms with Crippen molar-refractivity contribution in [3.63, 3.8) is 0 Å². The summed E-state index contributed by atoms with van der Waals surface area (Å²) >= 11 is 0. The Morgan fingerprint density at radius 3 is 1.83 bits per heavy atom. The van der Waals surface area contributed by atoms with Crippen LogP contribution in [0.15, 0.2) is 0 Å². The number of hydrogen-bond acceptors (Lipinski definition) is 1. The normalized spacial score (nSPS) is 47.5. The summed E-state index contributed by atoms with van der Waals surface area (Å²) in [6, 6.07) is 0. The Kier molecular flexibility index (Phi) is 6.56. The molecule has 0 saturated heterocycles. The number of methoxy groups -OCH3 is 1. The van der Waals surface area contributed by atoms with Gasteiger partial charge in [0.25, 0.3) is 0 Å². The molecule has 1 nitrogen and oxygen atoms in total. The van der Waals surface area contributed by atoms with Gasteiger partial charge < -0.3 is 4.74 Å². The Balaban J connectivity index is 1.48. The fraction of sp³-hybridized carbons (Fsp3) is 1.00. The molecule has 3 saturated carbocycles. The van der Waals surface area contributed by atoms with Gasteiger partial charge in [-0.15, -0.1) is 0 Å². The fourth-order valence-corrected chi connectivity index (χ4v) is 5.91. The van der Waals surface area contributed by atoms with Gasteiger partial charge in [0.2, 0.25) is 0 Å². The van der Waals surface area contributed by atoms with E-state index in [-0.39, 0.29) is 11.8 Å². The summed E-state index contributed by atoms with van der Waals surface area (Å²) in [5, 5.41) is 0. The van der Waals surface area contributed by atoms with Crippen molar-refractivity contribution in [2.24, 2.45) is 35.5 Å². The zero-order chi connectivity index (χ0) is 17.1. The first-order valence-electron chi connectivity index (χ1n) is 10.4. The highest BCUT2D eigenvalue weighted by molar-refractivity contribution is 4.93. The van der Waals surface area contributed by atoms with E-state index in [4.69, 9.17) is 4.74 Å². The van der Waals surface area contributed by atoms with Crippen LogP contribution in [-0.4, -0.2) is 26.1 Å². The van der Waals surface area contributed by atoms with Crippen molar-refractivity contribution in [1.29, 1.82) is 0 Å².